The van der Waals surface area contributed by atoms with Crippen molar-refractivity contribution in [2.75, 3.05) is 39.3 Å². The molecule has 21 heavy (non-hydrogen) atoms. The molecule has 2 fully saturated rings. The summed E-state index contributed by atoms with van der Waals surface area (Å²) in [5, 5.41) is 3.22. The molecule has 0 aromatic heterocycles. The Morgan fingerprint density at radius 1 is 1.24 bits per heavy atom. The van der Waals surface area contributed by atoms with Gasteiger partial charge < -0.3 is 20.7 Å². The van der Waals surface area contributed by atoms with Crippen LogP contribution in [0.4, 0.5) is 0 Å². The van der Waals surface area contributed by atoms with Gasteiger partial charge >= 0.3 is 0 Å². The number of piperazine rings is 1. The quantitative estimate of drug-likeness (QED) is 0.681. The van der Waals surface area contributed by atoms with E-state index in [4.69, 9.17) is 10.5 Å². The van der Waals surface area contributed by atoms with Crippen molar-refractivity contribution < 1.29 is 14.3 Å². The molecular weight excluding hydrogens is 272 g/mol. The summed E-state index contributed by atoms with van der Waals surface area (Å²) in [6.45, 7) is 9.45. The molecule has 2 amide bonds. The van der Waals surface area contributed by atoms with Crippen molar-refractivity contribution in [3.8, 4) is 0 Å². The summed E-state index contributed by atoms with van der Waals surface area (Å²) in [6, 6.07) is -0.269. The molecule has 0 saturated carbocycles. The zero-order valence-electron chi connectivity index (χ0n) is 13.1. The SMILES string of the molecule is C[C@H]1OCCN[C@@H]1C(=O)N1CCN(C(C)(C)C(N)=O)CC1. The van der Waals surface area contributed by atoms with Crippen LogP contribution in [0.1, 0.15) is 20.8 Å². The number of nitrogens with zero attached hydrogens (tertiary/aromatic N) is 2. The molecule has 0 aliphatic carbocycles. The molecule has 0 spiro atoms. The average Bonchev–Trinajstić information content (AvgIpc) is 2.47. The van der Waals surface area contributed by atoms with Gasteiger partial charge in [0, 0.05) is 32.7 Å². The van der Waals surface area contributed by atoms with Crippen LogP contribution in [0.2, 0.25) is 0 Å². The minimum absolute atomic E-state index is 0.0822. The number of nitrogens with one attached hydrogen (secondary N) is 1. The summed E-state index contributed by atoms with van der Waals surface area (Å²) in [5.74, 6) is -0.253. The molecule has 2 saturated heterocycles. The Bertz CT molecular complexity index is 405. The number of hydrogen-bond donors (Lipinski definition) is 2. The van der Waals surface area contributed by atoms with Crippen LogP contribution in [0.25, 0.3) is 0 Å². The molecule has 0 aromatic carbocycles. The highest BCUT2D eigenvalue weighted by Gasteiger charge is 2.38. The van der Waals surface area contributed by atoms with E-state index >= 15 is 0 Å². The maximum absolute atomic E-state index is 12.5. The number of carbonyl (C=O) groups excluding carboxylic acids is 2. The topological polar surface area (TPSA) is 87.9 Å². The molecule has 7 nitrogen and oxygen atoms in total. The molecule has 0 unspecified atom stereocenters. The monoisotopic (exact) mass is 298 g/mol. The van der Waals surface area contributed by atoms with E-state index in [1.165, 1.54) is 0 Å². The van der Waals surface area contributed by atoms with Crippen LogP contribution in [-0.2, 0) is 14.3 Å². The summed E-state index contributed by atoms with van der Waals surface area (Å²) >= 11 is 0. The summed E-state index contributed by atoms with van der Waals surface area (Å²) in [7, 11) is 0. The number of morpholine rings is 1. The Labute approximate surface area is 125 Å². The maximum atomic E-state index is 12.5. The fraction of sp³-hybridized carbons (Fsp3) is 0.857. The van der Waals surface area contributed by atoms with Gasteiger partial charge in [-0.1, -0.05) is 0 Å². The minimum Gasteiger partial charge on any atom is -0.375 e. The van der Waals surface area contributed by atoms with Gasteiger partial charge in [0.05, 0.1) is 18.2 Å². The highest BCUT2D eigenvalue weighted by molar-refractivity contribution is 5.84. The van der Waals surface area contributed by atoms with Crippen molar-refractivity contribution in [3.05, 3.63) is 0 Å². The molecule has 2 aliphatic rings. The van der Waals surface area contributed by atoms with Crippen LogP contribution in [0, 0.1) is 0 Å². The summed E-state index contributed by atoms with van der Waals surface area (Å²) in [6.07, 6.45) is -0.105. The molecule has 7 heteroatoms. The summed E-state index contributed by atoms with van der Waals surface area (Å²) in [4.78, 5) is 27.9. The van der Waals surface area contributed by atoms with Gasteiger partial charge in [0.15, 0.2) is 0 Å². The number of carbonyl (C=O) groups is 2. The molecule has 2 atom stereocenters. The van der Waals surface area contributed by atoms with E-state index in [0.717, 1.165) is 0 Å². The van der Waals surface area contributed by atoms with Gasteiger partial charge in [0.1, 0.15) is 6.04 Å². The van der Waals surface area contributed by atoms with Crippen molar-refractivity contribution in [2.45, 2.75) is 38.5 Å². The van der Waals surface area contributed by atoms with Gasteiger partial charge in [-0.25, -0.2) is 0 Å². The lowest BCUT2D eigenvalue weighted by Gasteiger charge is -2.43. The van der Waals surface area contributed by atoms with Gasteiger partial charge in [-0.05, 0) is 20.8 Å². The predicted molar refractivity (Wildman–Crippen MR) is 78.6 cm³/mol. The molecule has 0 bridgehead atoms. The molecule has 0 radical (unpaired) electrons. The minimum atomic E-state index is -0.672. The van der Waals surface area contributed by atoms with Crippen LogP contribution in [-0.4, -0.2) is 78.6 Å². The molecule has 2 heterocycles. The molecule has 2 rings (SSSR count). The first kappa shape index (κ1) is 16.2. The van der Waals surface area contributed by atoms with E-state index in [2.05, 4.69) is 5.32 Å². The highest BCUT2D eigenvalue weighted by atomic mass is 16.5. The van der Waals surface area contributed by atoms with Crippen LogP contribution in [0.15, 0.2) is 0 Å². The third-order valence-corrected chi connectivity index (χ3v) is 4.57. The number of rotatable bonds is 3. The lowest BCUT2D eigenvalue weighted by molar-refractivity contribution is -0.143. The van der Waals surface area contributed by atoms with Crippen LogP contribution in [0.5, 0.6) is 0 Å². The largest absolute Gasteiger partial charge is 0.375 e. The average molecular weight is 298 g/mol. The summed E-state index contributed by atoms with van der Waals surface area (Å²) in [5.41, 5.74) is 4.77. The summed E-state index contributed by atoms with van der Waals surface area (Å²) < 4.78 is 5.53. The second-order valence-electron chi connectivity index (χ2n) is 6.24. The molecular formula is C14H26N4O3. The van der Waals surface area contributed by atoms with Crippen molar-refractivity contribution in [1.82, 2.24) is 15.1 Å². The van der Waals surface area contributed by atoms with Crippen molar-refractivity contribution in [2.24, 2.45) is 5.73 Å². The van der Waals surface area contributed by atoms with E-state index in [1.807, 2.05) is 30.6 Å². The number of hydrogen-bond acceptors (Lipinski definition) is 5. The van der Waals surface area contributed by atoms with Gasteiger partial charge in [0.2, 0.25) is 11.8 Å². The van der Waals surface area contributed by atoms with E-state index < -0.39 is 5.54 Å². The Morgan fingerprint density at radius 3 is 2.38 bits per heavy atom. The van der Waals surface area contributed by atoms with Crippen molar-refractivity contribution in [3.63, 3.8) is 0 Å². The molecule has 2 aliphatic heterocycles. The zero-order valence-corrected chi connectivity index (χ0v) is 13.1. The molecule has 3 N–H and O–H groups in total. The van der Waals surface area contributed by atoms with Gasteiger partial charge in [0.25, 0.3) is 0 Å². The second-order valence-corrected chi connectivity index (χ2v) is 6.24. The van der Waals surface area contributed by atoms with E-state index in [-0.39, 0.29) is 24.0 Å². The van der Waals surface area contributed by atoms with Crippen molar-refractivity contribution >= 4 is 11.8 Å². The maximum Gasteiger partial charge on any atom is 0.242 e. The molecule has 0 aromatic rings. The first-order valence-electron chi connectivity index (χ1n) is 7.53. The van der Waals surface area contributed by atoms with E-state index in [1.54, 1.807) is 0 Å². The lowest BCUT2D eigenvalue weighted by atomic mass is 10.0. The fourth-order valence-corrected chi connectivity index (χ4v) is 2.85. The number of nitrogens with two attached hydrogens (primary N) is 1. The van der Waals surface area contributed by atoms with Crippen LogP contribution < -0.4 is 11.1 Å². The second kappa shape index (κ2) is 6.29. The normalized spacial score (nSPS) is 28.4. The van der Waals surface area contributed by atoms with Gasteiger partial charge in [-0.3, -0.25) is 14.5 Å². The van der Waals surface area contributed by atoms with Crippen LogP contribution >= 0.6 is 0 Å². The Morgan fingerprint density at radius 2 is 1.86 bits per heavy atom. The molecule has 120 valence electrons. The van der Waals surface area contributed by atoms with Crippen molar-refractivity contribution in [1.29, 1.82) is 0 Å². The lowest BCUT2D eigenvalue weighted by Crippen LogP contribution is -2.63. The van der Waals surface area contributed by atoms with Crippen LogP contribution in [0.3, 0.4) is 0 Å². The first-order chi connectivity index (χ1) is 9.84. The zero-order chi connectivity index (χ0) is 15.6. The third kappa shape index (κ3) is 3.36. The fourth-order valence-electron chi connectivity index (χ4n) is 2.85. The Balaban J connectivity index is 1.91. The van der Waals surface area contributed by atoms with Gasteiger partial charge in [-0.15, -0.1) is 0 Å². The van der Waals surface area contributed by atoms with E-state index in [0.29, 0.717) is 39.3 Å². The van der Waals surface area contributed by atoms with E-state index in [9.17, 15) is 9.59 Å². The first-order valence-corrected chi connectivity index (χ1v) is 7.53. The number of amides is 2. The smallest absolute Gasteiger partial charge is 0.242 e. The third-order valence-electron chi connectivity index (χ3n) is 4.57. The van der Waals surface area contributed by atoms with Gasteiger partial charge in [-0.2, -0.15) is 0 Å². The highest BCUT2D eigenvalue weighted by Crippen LogP contribution is 2.17. The standard InChI is InChI=1S/C14H26N4O3/c1-10-11(16-4-9-21-10)12(19)17-5-7-18(8-6-17)14(2,3)13(15)20/h10-11,16H,4-9H2,1-3H3,(H2,15,20)/t10-,11+/m1/s1. The number of ether oxygens (including phenoxy) is 1. The predicted octanol–water partition coefficient (Wildman–Crippen LogP) is -1.23. The number of primary amides is 1. The Kier molecular flexibility index (Phi) is 4.85. The Hall–Kier alpha value is -1.18.